The predicted molar refractivity (Wildman–Crippen MR) is 52.1 cm³/mol. The molecule has 1 aliphatic rings. The van der Waals surface area contributed by atoms with Gasteiger partial charge in [-0.25, -0.2) is 0 Å². The van der Waals surface area contributed by atoms with E-state index in [-0.39, 0.29) is 0 Å². The van der Waals surface area contributed by atoms with Crippen LogP contribution >= 0.6 is 11.3 Å². The van der Waals surface area contributed by atoms with Gasteiger partial charge in [-0.3, -0.25) is 0 Å². The molecule has 12 heavy (non-hydrogen) atoms. The smallest absolute Gasteiger partial charge is 0.0873 e. The summed E-state index contributed by atoms with van der Waals surface area (Å²) in [7, 11) is 0. The van der Waals surface area contributed by atoms with Crippen LogP contribution in [0.5, 0.6) is 0 Å². The Balaban J connectivity index is 2.07. The summed E-state index contributed by atoms with van der Waals surface area (Å²) in [6, 6.07) is 4.10. The molecule has 2 nitrogen and oxygen atoms in total. The predicted octanol–water partition coefficient (Wildman–Crippen LogP) is 2.25. The summed E-state index contributed by atoms with van der Waals surface area (Å²) in [5.41, 5.74) is 4.63. The highest BCUT2D eigenvalue weighted by molar-refractivity contribution is 7.10. The molecular weight excluding hydrogens is 168 g/mol. The molecule has 1 aromatic heterocycles. The lowest BCUT2D eigenvalue weighted by Gasteiger charge is -1.83. The molecule has 2 rings (SSSR count). The Morgan fingerprint density at radius 2 is 2.33 bits per heavy atom. The molecule has 3 heteroatoms. The van der Waals surface area contributed by atoms with Crippen molar-refractivity contribution in [2.75, 3.05) is 0 Å². The van der Waals surface area contributed by atoms with Gasteiger partial charge in [0, 0.05) is 4.88 Å². The van der Waals surface area contributed by atoms with Crippen LogP contribution in [0.15, 0.2) is 41.0 Å². The van der Waals surface area contributed by atoms with Crippen LogP contribution in [0.25, 0.3) is 6.08 Å². The molecule has 59 valence electrons. The van der Waals surface area contributed by atoms with Crippen LogP contribution in [0.3, 0.4) is 0 Å². The van der Waals surface area contributed by atoms with E-state index in [1.54, 1.807) is 17.5 Å². The van der Waals surface area contributed by atoms with Crippen molar-refractivity contribution in [2.45, 2.75) is 0 Å². The summed E-state index contributed by atoms with van der Waals surface area (Å²) in [5, 5.41) is 5.94. The Hall–Kier alpha value is -1.35. The molecule has 0 atom stereocenters. The Bertz CT molecular complexity index is 333. The average molecular weight is 175 g/mol. The van der Waals surface area contributed by atoms with Crippen molar-refractivity contribution in [3.8, 4) is 0 Å². The molecule has 0 aliphatic carbocycles. The molecule has 0 aromatic carbocycles. The third kappa shape index (κ3) is 1.62. The molecule has 0 saturated heterocycles. The summed E-state index contributed by atoms with van der Waals surface area (Å²) >= 11 is 1.71. The highest BCUT2D eigenvalue weighted by Gasteiger charge is 1.94. The quantitative estimate of drug-likeness (QED) is 0.659. The highest BCUT2D eigenvalue weighted by Crippen LogP contribution is 2.10. The summed E-state index contributed by atoms with van der Waals surface area (Å²) in [6.45, 7) is 0. The van der Waals surface area contributed by atoms with Crippen LogP contribution in [0.1, 0.15) is 4.88 Å². The van der Waals surface area contributed by atoms with Gasteiger partial charge in [0.05, 0.1) is 11.9 Å². The van der Waals surface area contributed by atoms with Crippen LogP contribution in [-0.2, 0) is 0 Å². The van der Waals surface area contributed by atoms with Gasteiger partial charge in [-0.1, -0.05) is 6.07 Å². The standard InChI is InChI=1S/C9H7N2S/c1-2-9(12-7-1)4-3-8-5-6-10-11-8/h1-7H/b4-3+. The molecule has 1 radical (unpaired) electrons. The second kappa shape index (κ2) is 3.36. The van der Waals surface area contributed by atoms with E-state index < -0.39 is 0 Å². The second-order valence-corrected chi connectivity index (χ2v) is 3.28. The maximum Gasteiger partial charge on any atom is 0.0873 e. The fourth-order valence-corrected chi connectivity index (χ4v) is 1.50. The number of allylic oxidation sites excluding steroid dienone is 2. The van der Waals surface area contributed by atoms with Crippen molar-refractivity contribution >= 4 is 23.1 Å². The van der Waals surface area contributed by atoms with Gasteiger partial charge in [-0.15, -0.1) is 11.3 Å². The number of hydrogen-bond donors (Lipinski definition) is 0. The minimum atomic E-state index is 0.906. The van der Waals surface area contributed by atoms with Gasteiger partial charge < -0.3 is 0 Å². The van der Waals surface area contributed by atoms with E-state index in [4.69, 9.17) is 0 Å². The number of thiophene rings is 1. The lowest BCUT2D eigenvalue weighted by molar-refractivity contribution is 0.973. The third-order valence-electron chi connectivity index (χ3n) is 1.45. The summed E-state index contributed by atoms with van der Waals surface area (Å²) in [4.78, 5) is 1.23. The van der Waals surface area contributed by atoms with Gasteiger partial charge in [0.1, 0.15) is 0 Å². The fourth-order valence-electron chi connectivity index (χ4n) is 0.886. The first-order valence-corrected chi connectivity index (χ1v) is 4.49. The third-order valence-corrected chi connectivity index (χ3v) is 2.28. The first-order valence-electron chi connectivity index (χ1n) is 3.61. The molecule has 0 fully saturated rings. The molecule has 0 unspecified atom stereocenters. The Morgan fingerprint density at radius 3 is 3.00 bits per heavy atom. The van der Waals surface area contributed by atoms with E-state index in [0.717, 1.165) is 5.71 Å². The Kier molecular flexibility index (Phi) is 2.05. The Morgan fingerprint density at radius 1 is 1.33 bits per heavy atom. The van der Waals surface area contributed by atoms with Gasteiger partial charge in [-0.05, 0) is 29.7 Å². The van der Waals surface area contributed by atoms with Crippen molar-refractivity contribution in [3.05, 3.63) is 40.7 Å². The van der Waals surface area contributed by atoms with Gasteiger partial charge in [0.25, 0.3) is 0 Å². The molecule has 0 bridgehead atoms. The second-order valence-electron chi connectivity index (χ2n) is 2.30. The molecule has 2 heterocycles. The molecule has 0 amide bonds. The summed E-state index contributed by atoms with van der Waals surface area (Å²) < 4.78 is 0. The largest absolute Gasteiger partial charge is 0.158 e. The average Bonchev–Trinajstić information content (AvgIpc) is 2.74. The molecule has 1 aliphatic heterocycles. The van der Waals surface area contributed by atoms with E-state index in [9.17, 15) is 0 Å². The summed E-state index contributed by atoms with van der Waals surface area (Å²) in [6.07, 6.45) is 7.56. The number of rotatable bonds is 2. The molecule has 0 saturated carbocycles. The molecular formula is C9H7N2S. The van der Waals surface area contributed by atoms with Crippen LogP contribution in [-0.4, -0.2) is 5.71 Å². The van der Waals surface area contributed by atoms with E-state index >= 15 is 0 Å². The topological polar surface area (TPSA) is 26.5 Å². The van der Waals surface area contributed by atoms with Crippen molar-refractivity contribution in [1.82, 2.24) is 5.43 Å². The van der Waals surface area contributed by atoms with Gasteiger partial charge in [-0.2, -0.15) is 10.5 Å². The normalized spacial score (nSPS) is 15.2. The van der Waals surface area contributed by atoms with Gasteiger partial charge in [0.15, 0.2) is 0 Å². The fraction of sp³-hybridized carbons (Fsp3) is 0. The minimum Gasteiger partial charge on any atom is -0.158 e. The maximum atomic E-state index is 3.88. The minimum absolute atomic E-state index is 0.906. The molecule has 0 N–H and O–H groups in total. The van der Waals surface area contributed by atoms with Gasteiger partial charge in [0.2, 0.25) is 0 Å². The Labute approximate surface area is 74.9 Å². The zero-order chi connectivity index (χ0) is 8.23. The van der Waals surface area contributed by atoms with E-state index in [0.29, 0.717) is 0 Å². The summed E-state index contributed by atoms with van der Waals surface area (Å²) in [5.74, 6) is 0. The number of hydrogen-bond acceptors (Lipinski definition) is 2. The lowest BCUT2D eigenvalue weighted by Crippen LogP contribution is -1.82. The molecule has 0 spiro atoms. The van der Waals surface area contributed by atoms with Crippen LogP contribution < -0.4 is 5.43 Å². The van der Waals surface area contributed by atoms with Crippen molar-refractivity contribution in [2.24, 2.45) is 5.10 Å². The van der Waals surface area contributed by atoms with Crippen molar-refractivity contribution < 1.29 is 0 Å². The zero-order valence-corrected chi connectivity index (χ0v) is 7.16. The van der Waals surface area contributed by atoms with Crippen LogP contribution in [0.4, 0.5) is 0 Å². The first-order chi connectivity index (χ1) is 5.95. The van der Waals surface area contributed by atoms with E-state index in [1.165, 1.54) is 4.88 Å². The van der Waals surface area contributed by atoms with Crippen molar-refractivity contribution in [1.29, 1.82) is 0 Å². The maximum absolute atomic E-state index is 3.88. The first kappa shape index (κ1) is 7.31. The zero-order valence-electron chi connectivity index (χ0n) is 6.34. The van der Waals surface area contributed by atoms with Gasteiger partial charge >= 0.3 is 0 Å². The van der Waals surface area contributed by atoms with Crippen LogP contribution in [0.2, 0.25) is 0 Å². The monoisotopic (exact) mass is 175 g/mol. The van der Waals surface area contributed by atoms with Crippen LogP contribution in [0, 0.1) is 0 Å². The van der Waals surface area contributed by atoms with Crippen molar-refractivity contribution in [3.63, 3.8) is 0 Å². The SMILES string of the molecule is C1=CC(/C=C/c2cccs2)=N[N]1. The lowest BCUT2D eigenvalue weighted by atomic mass is 10.3. The molecule has 1 aromatic rings. The van der Waals surface area contributed by atoms with E-state index in [1.807, 2.05) is 24.3 Å². The van der Waals surface area contributed by atoms with E-state index in [2.05, 4.69) is 22.0 Å². The number of nitrogens with zero attached hydrogens (tertiary/aromatic N) is 2. The highest BCUT2D eigenvalue weighted by atomic mass is 32.1.